The summed E-state index contributed by atoms with van der Waals surface area (Å²) in [7, 11) is 0. The van der Waals surface area contributed by atoms with E-state index in [2.05, 4.69) is 0 Å². The van der Waals surface area contributed by atoms with E-state index in [1.54, 1.807) is 38.2 Å². The van der Waals surface area contributed by atoms with Gasteiger partial charge in [-0.05, 0) is 52.4 Å². The van der Waals surface area contributed by atoms with Crippen molar-refractivity contribution in [3.05, 3.63) is 72.9 Å². The van der Waals surface area contributed by atoms with Crippen LogP contribution >= 0.6 is 0 Å². The van der Waals surface area contributed by atoms with Crippen molar-refractivity contribution < 1.29 is 84.7 Å². The molecule has 13 N–H and O–H groups in total. The molecule has 19 atom stereocenters. The van der Waals surface area contributed by atoms with Crippen LogP contribution in [0.5, 0.6) is 0 Å². The van der Waals surface area contributed by atoms with Crippen LogP contribution in [0, 0.1) is 17.8 Å². The molecule has 0 aromatic rings. The zero-order valence-corrected chi connectivity index (χ0v) is 37.8. The van der Waals surface area contributed by atoms with Crippen LogP contribution in [0.25, 0.3) is 0 Å². The number of carbonyl (C=O) groups is 2. The fourth-order valence-electron chi connectivity index (χ4n) is 8.11. The molecule has 18 heteroatoms. The number of carboxylic acids is 1. The molecule has 18 nitrogen and oxygen atoms in total. The van der Waals surface area contributed by atoms with E-state index in [1.807, 2.05) is 49.5 Å². The minimum absolute atomic E-state index is 0.138. The number of rotatable bonds is 3. The molecule has 0 radical (unpaired) electrons. The number of aliphatic carboxylic acids is 1. The molecule has 3 aliphatic heterocycles. The zero-order chi connectivity index (χ0) is 48.4. The molecular formula is C47H75NO17. The predicted octanol–water partition coefficient (Wildman–Crippen LogP) is 0.936. The Labute approximate surface area is 381 Å². The molecule has 1 unspecified atom stereocenters. The van der Waals surface area contributed by atoms with Crippen LogP contribution in [0.1, 0.15) is 91.9 Å². The summed E-state index contributed by atoms with van der Waals surface area (Å²) in [6, 6.07) is -1.14. The topological polar surface area (TPSA) is 320 Å². The Bertz CT molecular complexity index is 1620. The average molecular weight is 926 g/mol. The van der Waals surface area contributed by atoms with Gasteiger partial charge in [-0.15, -0.1) is 0 Å². The summed E-state index contributed by atoms with van der Waals surface area (Å²) in [5.41, 5.74) is 6.02. The van der Waals surface area contributed by atoms with Crippen molar-refractivity contribution in [2.75, 3.05) is 0 Å². The van der Waals surface area contributed by atoms with Gasteiger partial charge in [0.25, 0.3) is 0 Å². The van der Waals surface area contributed by atoms with Crippen molar-refractivity contribution in [3.8, 4) is 0 Å². The Morgan fingerprint density at radius 3 is 1.94 bits per heavy atom. The molecule has 2 fully saturated rings. The number of carboxylic acid groups (broad SMARTS) is 1. The van der Waals surface area contributed by atoms with Gasteiger partial charge in [0, 0.05) is 31.1 Å². The van der Waals surface area contributed by atoms with Crippen LogP contribution in [0.4, 0.5) is 0 Å². The lowest BCUT2D eigenvalue weighted by atomic mass is 9.82. The predicted molar refractivity (Wildman–Crippen MR) is 237 cm³/mol. The molecule has 2 saturated heterocycles. The Balaban J connectivity index is 1.84. The number of allylic oxidation sites excluding steroid dienone is 10. The number of carbonyl (C=O) groups excluding carboxylic acids is 1. The molecule has 0 aromatic carbocycles. The fourth-order valence-corrected chi connectivity index (χ4v) is 8.11. The lowest BCUT2D eigenvalue weighted by molar-refractivity contribution is -0.310. The molecule has 0 amide bonds. The quantitative estimate of drug-likeness (QED) is 0.175. The number of esters is 1. The lowest BCUT2D eigenvalue weighted by Gasteiger charge is -2.45. The number of hydrogen-bond donors (Lipinski definition) is 12. The first kappa shape index (κ1) is 56.1. The van der Waals surface area contributed by atoms with E-state index in [0.717, 1.165) is 12.8 Å². The Morgan fingerprint density at radius 2 is 1.28 bits per heavy atom. The molecule has 0 spiro atoms. The van der Waals surface area contributed by atoms with Crippen LogP contribution in [-0.2, 0) is 28.5 Å². The van der Waals surface area contributed by atoms with Crippen molar-refractivity contribution in [1.29, 1.82) is 0 Å². The molecule has 2 bridgehead atoms. The highest BCUT2D eigenvalue weighted by Crippen LogP contribution is 2.38. The maximum Gasteiger partial charge on any atom is 0.311 e. The zero-order valence-electron chi connectivity index (χ0n) is 37.8. The molecule has 3 rings (SSSR count). The van der Waals surface area contributed by atoms with Gasteiger partial charge >= 0.3 is 11.9 Å². The summed E-state index contributed by atoms with van der Waals surface area (Å²) in [6.07, 6.45) is 2.28. The second-order valence-electron chi connectivity index (χ2n) is 17.8. The van der Waals surface area contributed by atoms with Gasteiger partial charge in [0.2, 0.25) is 0 Å². The van der Waals surface area contributed by atoms with Crippen molar-refractivity contribution in [3.63, 3.8) is 0 Å². The monoisotopic (exact) mass is 926 g/mol. The van der Waals surface area contributed by atoms with Crippen LogP contribution < -0.4 is 5.73 Å². The van der Waals surface area contributed by atoms with Gasteiger partial charge in [0.15, 0.2) is 12.1 Å². The largest absolute Gasteiger partial charge is 0.481 e. The third-order valence-electron chi connectivity index (χ3n) is 12.2. The third kappa shape index (κ3) is 18.8. The van der Waals surface area contributed by atoms with E-state index in [4.69, 9.17) is 24.7 Å². The summed E-state index contributed by atoms with van der Waals surface area (Å²) in [4.78, 5) is 25.1. The molecule has 370 valence electrons. The maximum atomic E-state index is 12.6. The van der Waals surface area contributed by atoms with Crippen LogP contribution in [-0.4, -0.2) is 166 Å². The van der Waals surface area contributed by atoms with Crippen molar-refractivity contribution in [2.24, 2.45) is 23.5 Å². The van der Waals surface area contributed by atoms with E-state index < -0.39 is 141 Å². The van der Waals surface area contributed by atoms with Gasteiger partial charge in [-0.1, -0.05) is 86.8 Å². The van der Waals surface area contributed by atoms with Crippen molar-refractivity contribution in [2.45, 2.75) is 189 Å². The molecule has 65 heavy (non-hydrogen) atoms. The minimum atomic E-state index is -2.35. The second-order valence-corrected chi connectivity index (χ2v) is 17.8. The third-order valence-corrected chi connectivity index (χ3v) is 12.2. The van der Waals surface area contributed by atoms with Gasteiger partial charge in [0.1, 0.15) is 18.1 Å². The van der Waals surface area contributed by atoms with E-state index in [1.165, 1.54) is 13.0 Å². The minimum Gasteiger partial charge on any atom is -0.481 e. The van der Waals surface area contributed by atoms with Gasteiger partial charge in [0.05, 0.1) is 79.6 Å². The smallest absolute Gasteiger partial charge is 0.311 e. The lowest BCUT2D eigenvalue weighted by Crippen LogP contribution is -2.61. The Kier molecular flexibility index (Phi) is 23.8. The fraction of sp³-hybridized carbons (Fsp3) is 0.702. The highest BCUT2D eigenvalue weighted by Gasteiger charge is 2.51. The van der Waals surface area contributed by atoms with Gasteiger partial charge in [-0.25, -0.2) is 0 Å². The first-order valence-corrected chi connectivity index (χ1v) is 22.6. The van der Waals surface area contributed by atoms with Crippen LogP contribution in [0.15, 0.2) is 72.9 Å². The Morgan fingerprint density at radius 1 is 0.692 bits per heavy atom. The highest BCUT2D eigenvalue weighted by molar-refractivity contribution is 5.71. The maximum absolute atomic E-state index is 12.6. The first-order valence-electron chi connectivity index (χ1n) is 22.6. The molecule has 0 aromatic heterocycles. The SMILES string of the molecule is C[C@@H]1[C@H](O)[C@@H](C)/C=C\C=C/CC\C=C/C=C\C=C/C=C/[C@H](O[C@H]2O[C@@H](C)[C@H](O)[C@@H](N)[C@H]2O)CC2O[C@](O)(C[C@@H](O)[C@H](O)CC[C@@H](O)C[C@@H](O)C[C@@H](O)CC(=O)O[C@H]1C)C[C@H](O)[C@H]2C(=O)O. The first-order chi connectivity index (χ1) is 30.6. The number of hydrogen-bond acceptors (Lipinski definition) is 17. The second kappa shape index (κ2) is 27.6. The Hall–Kier alpha value is -3.18. The number of fused-ring (bicyclic) bond motifs is 2. The van der Waals surface area contributed by atoms with Gasteiger partial charge in [-0.2, -0.15) is 0 Å². The summed E-state index contributed by atoms with van der Waals surface area (Å²) < 4.78 is 23.2. The molecule has 3 aliphatic rings. The molecular weight excluding hydrogens is 851 g/mol. The van der Waals surface area contributed by atoms with E-state index in [9.17, 15) is 65.8 Å². The van der Waals surface area contributed by atoms with Crippen LogP contribution in [0.2, 0.25) is 0 Å². The number of cyclic esters (lactones) is 1. The number of nitrogens with two attached hydrogens (primary N) is 1. The molecule has 0 aliphatic carbocycles. The van der Waals surface area contributed by atoms with Gasteiger partial charge < -0.3 is 80.9 Å². The molecule has 3 heterocycles. The van der Waals surface area contributed by atoms with Crippen molar-refractivity contribution >= 4 is 11.9 Å². The molecule has 0 saturated carbocycles. The number of aliphatic hydroxyl groups excluding tert-OH is 9. The highest BCUT2D eigenvalue weighted by atomic mass is 16.7. The average Bonchev–Trinajstić information content (AvgIpc) is 3.21. The van der Waals surface area contributed by atoms with E-state index in [0.29, 0.717) is 0 Å². The summed E-state index contributed by atoms with van der Waals surface area (Å²) in [5, 5.41) is 118. The standard InChI is InChI=1S/C47H75NO17/c1-27-17-15-13-11-9-7-5-6-8-10-12-14-16-18-34(64-46-44(58)41(48)43(57)30(4)63-46)24-38-40(45(59)60)37(54)26-47(61,65-38)25-36(53)35(52)20-19-31(49)21-32(50)22-33(51)23-39(55)62-29(3)28(2)42(27)56/h5-6,8,10-18,27-38,40-44,46,49-54,56-58,61H,7,9,19-26,48H2,1-4H3,(H,59,60)/b6-5-,10-8-,13-11-,14-12-,17-15-,18-16+/t27-,28-,29-,30-,31+,32+,33+,34-,35+,36+,37-,38?,40+,41+,42+,43-,44+,46+,47+/m0/s1. The summed E-state index contributed by atoms with van der Waals surface area (Å²) in [5.74, 6) is -6.82. The summed E-state index contributed by atoms with van der Waals surface area (Å²) in [6.45, 7) is 6.78. The number of aliphatic hydroxyl groups is 10. The van der Waals surface area contributed by atoms with E-state index in [-0.39, 0.29) is 38.0 Å². The van der Waals surface area contributed by atoms with Crippen molar-refractivity contribution in [1.82, 2.24) is 0 Å². The van der Waals surface area contributed by atoms with Crippen LogP contribution in [0.3, 0.4) is 0 Å². The van der Waals surface area contributed by atoms with Gasteiger partial charge in [-0.3, -0.25) is 9.59 Å². The normalized spacial score (nSPS) is 45.2. The number of ether oxygens (including phenoxy) is 4. The van der Waals surface area contributed by atoms with E-state index >= 15 is 0 Å². The summed E-state index contributed by atoms with van der Waals surface area (Å²) >= 11 is 0.